The van der Waals surface area contributed by atoms with Crippen molar-refractivity contribution in [2.75, 3.05) is 0 Å². The predicted molar refractivity (Wildman–Crippen MR) is 68.2 cm³/mol. The Morgan fingerprint density at radius 3 is 2.61 bits per heavy atom. The molecule has 0 N–H and O–H groups in total. The number of nitrogens with zero attached hydrogens (tertiary/aromatic N) is 2. The van der Waals surface area contributed by atoms with E-state index in [2.05, 4.69) is 9.97 Å². The van der Waals surface area contributed by atoms with Crippen molar-refractivity contribution in [3.05, 3.63) is 52.0 Å². The van der Waals surface area contributed by atoms with Gasteiger partial charge >= 0.3 is 0 Å². The van der Waals surface area contributed by atoms with Crippen LogP contribution in [-0.2, 0) is 6.61 Å². The molecule has 0 fully saturated rings. The normalized spacial score (nSPS) is 10.1. The molecular formula is C12H8Cl2N2O2. The molecule has 0 aliphatic rings. The van der Waals surface area contributed by atoms with Gasteiger partial charge in [0.1, 0.15) is 12.4 Å². The van der Waals surface area contributed by atoms with Crippen LogP contribution in [0.2, 0.25) is 10.0 Å². The molecule has 0 aliphatic carbocycles. The first-order valence-electron chi connectivity index (χ1n) is 5.03. The van der Waals surface area contributed by atoms with E-state index in [1.54, 1.807) is 18.5 Å². The third kappa shape index (κ3) is 2.97. The highest BCUT2D eigenvalue weighted by molar-refractivity contribution is 6.36. The third-order valence-corrected chi connectivity index (χ3v) is 2.63. The second-order valence-electron chi connectivity index (χ2n) is 3.38. The fraction of sp³-hybridized carbons (Fsp3) is 0.0833. The number of halogens is 2. The van der Waals surface area contributed by atoms with Crippen LogP contribution in [0.25, 0.3) is 0 Å². The number of rotatable bonds is 4. The molecule has 0 saturated heterocycles. The highest BCUT2D eigenvalue weighted by Crippen LogP contribution is 2.31. The summed E-state index contributed by atoms with van der Waals surface area (Å²) in [6.45, 7) is 0.128. The molecule has 1 heterocycles. The molecular weight excluding hydrogens is 275 g/mol. The molecule has 0 saturated carbocycles. The topological polar surface area (TPSA) is 52.1 Å². The van der Waals surface area contributed by atoms with Crippen molar-refractivity contribution in [2.45, 2.75) is 6.61 Å². The van der Waals surface area contributed by atoms with Crippen molar-refractivity contribution in [1.82, 2.24) is 9.97 Å². The average molecular weight is 283 g/mol. The van der Waals surface area contributed by atoms with Crippen LogP contribution in [0.4, 0.5) is 0 Å². The summed E-state index contributed by atoms with van der Waals surface area (Å²) < 4.78 is 5.45. The van der Waals surface area contributed by atoms with Crippen LogP contribution in [0.5, 0.6) is 5.75 Å². The molecule has 18 heavy (non-hydrogen) atoms. The Hall–Kier alpha value is -1.65. The fourth-order valence-corrected chi connectivity index (χ4v) is 1.93. The molecule has 1 aromatic heterocycles. The van der Waals surface area contributed by atoms with Crippen LogP contribution in [0, 0.1) is 0 Å². The van der Waals surface area contributed by atoms with Gasteiger partial charge in [0, 0.05) is 17.4 Å². The van der Waals surface area contributed by atoms with Gasteiger partial charge in [-0.05, 0) is 18.2 Å². The minimum absolute atomic E-state index is 0.128. The van der Waals surface area contributed by atoms with Crippen molar-refractivity contribution in [2.24, 2.45) is 0 Å². The standard InChI is InChI=1S/C12H8Cl2N2O2/c13-9-4-8(6-17)12(10(14)5-9)18-7-11-15-2-1-3-16-11/h1-6H,7H2. The van der Waals surface area contributed by atoms with E-state index >= 15 is 0 Å². The molecule has 1 aromatic carbocycles. The van der Waals surface area contributed by atoms with Gasteiger partial charge in [-0.15, -0.1) is 0 Å². The number of benzene rings is 1. The third-order valence-electron chi connectivity index (χ3n) is 2.13. The summed E-state index contributed by atoms with van der Waals surface area (Å²) in [4.78, 5) is 18.9. The van der Waals surface area contributed by atoms with E-state index in [9.17, 15) is 4.79 Å². The van der Waals surface area contributed by atoms with E-state index in [1.165, 1.54) is 12.1 Å². The predicted octanol–water partition coefficient (Wildman–Crippen LogP) is 3.17. The molecule has 2 rings (SSSR count). The number of hydrogen-bond donors (Lipinski definition) is 0. The maximum Gasteiger partial charge on any atom is 0.166 e. The summed E-state index contributed by atoms with van der Waals surface area (Å²) in [6.07, 6.45) is 3.85. The van der Waals surface area contributed by atoms with E-state index < -0.39 is 0 Å². The van der Waals surface area contributed by atoms with Crippen molar-refractivity contribution in [3.8, 4) is 5.75 Å². The van der Waals surface area contributed by atoms with Crippen LogP contribution in [-0.4, -0.2) is 16.3 Å². The maximum absolute atomic E-state index is 10.9. The minimum Gasteiger partial charge on any atom is -0.483 e. The lowest BCUT2D eigenvalue weighted by Crippen LogP contribution is -2.02. The summed E-state index contributed by atoms with van der Waals surface area (Å²) in [5.74, 6) is 0.781. The molecule has 0 atom stereocenters. The summed E-state index contributed by atoms with van der Waals surface area (Å²) in [6, 6.07) is 4.70. The Kier molecular flexibility index (Phi) is 4.12. The summed E-state index contributed by atoms with van der Waals surface area (Å²) in [7, 11) is 0. The Labute approximate surface area is 114 Å². The van der Waals surface area contributed by atoms with Crippen LogP contribution in [0.15, 0.2) is 30.6 Å². The van der Waals surface area contributed by atoms with Crippen LogP contribution in [0.1, 0.15) is 16.2 Å². The first kappa shape index (κ1) is 12.8. The zero-order valence-electron chi connectivity index (χ0n) is 9.14. The van der Waals surface area contributed by atoms with Gasteiger partial charge < -0.3 is 4.74 Å². The maximum atomic E-state index is 10.9. The lowest BCUT2D eigenvalue weighted by molar-refractivity contribution is 0.111. The van der Waals surface area contributed by atoms with E-state index in [1.807, 2.05) is 0 Å². The first-order valence-corrected chi connectivity index (χ1v) is 5.79. The molecule has 0 unspecified atom stereocenters. The number of carbonyl (C=O) groups excluding carboxylic acids is 1. The molecule has 4 nitrogen and oxygen atoms in total. The lowest BCUT2D eigenvalue weighted by atomic mass is 10.2. The van der Waals surface area contributed by atoms with Gasteiger partial charge in [-0.2, -0.15) is 0 Å². The SMILES string of the molecule is O=Cc1cc(Cl)cc(Cl)c1OCc1ncccn1. The van der Waals surface area contributed by atoms with Gasteiger partial charge in [0.2, 0.25) is 0 Å². The molecule has 0 bridgehead atoms. The molecule has 6 heteroatoms. The van der Waals surface area contributed by atoms with Crippen molar-refractivity contribution in [3.63, 3.8) is 0 Å². The van der Waals surface area contributed by atoms with Crippen molar-refractivity contribution < 1.29 is 9.53 Å². The molecule has 2 aromatic rings. The molecule has 92 valence electrons. The minimum atomic E-state index is 0.128. The Balaban J connectivity index is 2.21. The molecule has 0 radical (unpaired) electrons. The average Bonchev–Trinajstić information content (AvgIpc) is 2.38. The molecule has 0 spiro atoms. The van der Waals surface area contributed by atoms with Crippen LogP contribution in [0.3, 0.4) is 0 Å². The molecule has 0 amide bonds. The van der Waals surface area contributed by atoms with Gasteiger partial charge in [-0.1, -0.05) is 23.2 Å². The van der Waals surface area contributed by atoms with Crippen LogP contribution < -0.4 is 4.74 Å². The monoisotopic (exact) mass is 282 g/mol. The first-order chi connectivity index (χ1) is 8.70. The van der Waals surface area contributed by atoms with Gasteiger partial charge in [-0.25, -0.2) is 9.97 Å². The lowest BCUT2D eigenvalue weighted by Gasteiger charge is -2.09. The zero-order valence-corrected chi connectivity index (χ0v) is 10.6. The van der Waals surface area contributed by atoms with E-state index in [0.29, 0.717) is 22.7 Å². The molecule has 0 aliphatic heterocycles. The Morgan fingerprint density at radius 1 is 1.22 bits per heavy atom. The van der Waals surface area contributed by atoms with E-state index in [4.69, 9.17) is 27.9 Å². The summed E-state index contributed by atoms with van der Waals surface area (Å²) >= 11 is 11.8. The number of aldehydes is 1. The van der Waals surface area contributed by atoms with Gasteiger partial charge in [0.15, 0.2) is 12.1 Å². The van der Waals surface area contributed by atoms with Crippen molar-refractivity contribution in [1.29, 1.82) is 0 Å². The second kappa shape index (κ2) is 5.80. The Bertz CT molecular complexity index is 562. The van der Waals surface area contributed by atoms with Gasteiger partial charge in [0.05, 0.1) is 10.6 Å². The van der Waals surface area contributed by atoms with Gasteiger partial charge in [-0.3, -0.25) is 4.79 Å². The van der Waals surface area contributed by atoms with Crippen LogP contribution >= 0.6 is 23.2 Å². The number of aromatic nitrogens is 2. The Morgan fingerprint density at radius 2 is 1.94 bits per heavy atom. The zero-order chi connectivity index (χ0) is 13.0. The van der Waals surface area contributed by atoms with E-state index in [-0.39, 0.29) is 17.4 Å². The number of ether oxygens (including phenoxy) is 1. The number of carbonyl (C=O) groups is 1. The van der Waals surface area contributed by atoms with Gasteiger partial charge in [0.25, 0.3) is 0 Å². The summed E-state index contributed by atoms with van der Waals surface area (Å²) in [5.41, 5.74) is 0.295. The largest absolute Gasteiger partial charge is 0.483 e. The second-order valence-corrected chi connectivity index (χ2v) is 4.22. The highest BCUT2D eigenvalue weighted by atomic mass is 35.5. The fourth-order valence-electron chi connectivity index (χ4n) is 1.36. The summed E-state index contributed by atoms with van der Waals surface area (Å²) in [5, 5.41) is 0.658. The van der Waals surface area contributed by atoms with Crippen molar-refractivity contribution >= 4 is 29.5 Å². The smallest absolute Gasteiger partial charge is 0.166 e. The highest BCUT2D eigenvalue weighted by Gasteiger charge is 2.11. The number of hydrogen-bond acceptors (Lipinski definition) is 4. The quantitative estimate of drug-likeness (QED) is 0.809. The van der Waals surface area contributed by atoms with E-state index in [0.717, 1.165) is 0 Å².